The summed E-state index contributed by atoms with van der Waals surface area (Å²) in [6.45, 7) is 1.84. The molecule has 3 heterocycles. The Bertz CT molecular complexity index is 880. The van der Waals surface area contributed by atoms with E-state index in [9.17, 15) is 9.50 Å². The topological polar surface area (TPSA) is 66.2 Å². The lowest BCUT2D eigenvalue weighted by Gasteiger charge is -2.10. The zero-order valence-electron chi connectivity index (χ0n) is 11.8. The molecule has 5 nitrogen and oxygen atoms in total. The first-order valence-electron chi connectivity index (χ1n) is 6.89. The van der Waals surface area contributed by atoms with Crippen LogP contribution >= 0.6 is 0 Å². The fourth-order valence-electron chi connectivity index (χ4n) is 2.74. The van der Waals surface area contributed by atoms with E-state index in [1.807, 2.05) is 25.3 Å². The molecule has 22 heavy (non-hydrogen) atoms. The van der Waals surface area contributed by atoms with Gasteiger partial charge in [0.1, 0.15) is 5.82 Å². The molecule has 3 aromatic rings. The minimum atomic E-state index is -1.11. The number of aliphatic imine (C=N–C) groups is 1. The molecule has 0 spiro atoms. The van der Waals surface area contributed by atoms with Crippen molar-refractivity contribution in [1.29, 1.82) is 0 Å². The van der Waals surface area contributed by atoms with Crippen molar-refractivity contribution in [3.05, 3.63) is 71.3 Å². The Hall–Kier alpha value is -2.73. The Morgan fingerprint density at radius 2 is 2.18 bits per heavy atom. The summed E-state index contributed by atoms with van der Waals surface area (Å²) < 4.78 is 15.5. The first kappa shape index (κ1) is 13.0. The molecule has 6 heteroatoms. The maximum absolute atomic E-state index is 13.8. The molecule has 4 rings (SSSR count). The third kappa shape index (κ3) is 1.88. The van der Waals surface area contributed by atoms with Crippen LogP contribution in [0.2, 0.25) is 0 Å². The summed E-state index contributed by atoms with van der Waals surface area (Å²) in [6.07, 6.45) is 2.46. The van der Waals surface area contributed by atoms with Gasteiger partial charge in [-0.1, -0.05) is 0 Å². The van der Waals surface area contributed by atoms with Crippen LogP contribution in [-0.2, 0) is 0 Å². The Kier molecular flexibility index (Phi) is 2.74. The average molecular weight is 296 g/mol. The number of aromatic nitrogens is 3. The van der Waals surface area contributed by atoms with Gasteiger partial charge in [0.25, 0.3) is 0 Å². The van der Waals surface area contributed by atoms with Crippen molar-refractivity contribution in [2.24, 2.45) is 4.99 Å². The zero-order chi connectivity index (χ0) is 15.3. The van der Waals surface area contributed by atoms with Crippen molar-refractivity contribution in [3.8, 4) is 5.69 Å². The van der Waals surface area contributed by atoms with Crippen molar-refractivity contribution in [2.75, 3.05) is 0 Å². The van der Waals surface area contributed by atoms with Gasteiger partial charge in [0.15, 0.2) is 5.82 Å². The van der Waals surface area contributed by atoms with Crippen LogP contribution in [0.1, 0.15) is 29.0 Å². The summed E-state index contributed by atoms with van der Waals surface area (Å²) in [5.74, 6) is 0.0692. The molecule has 1 unspecified atom stereocenters. The number of fused-ring (bicyclic) bond motifs is 3. The second-order valence-electron chi connectivity index (χ2n) is 5.21. The molecule has 0 amide bonds. The monoisotopic (exact) mass is 296 g/mol. The lowest BCUT2D eigenvalue weighted by molar-refractivity contribution is 0.177. The van der Waals surface area contributed by atoms with Crippen LogP contribution in [0.25, 0.3) is 5.69 Å². The highest BCUT2D eigenvalue weighted by molar-refractivity contribution is 6.14. The summed E-state index contributed by atoms with van der Waals surface area (Å²) in [6, 6.07) is 8.15. The molecule has 1 aliphatic heterocycles. The Labute approximate surface area is 125 Å². The Balaban J connectivity index is 2.05. The highest BCUT2D eigenvalue weighted by Crippen LogP contribution is 2.29. The first-order valence-corrected chi connectivity index (χ1v) is 6.89. The number of nitrogens with zero attached hydrogens (tertiary/aromatic N) is 3. The molecule has 0 saturated carbocycles. The first-order chi connectivity index (χ1) is 10.6. The van der Waals surface area contributed by atoms with Crippen molar-refractivity contribution in [2.45, 2.75) is 13.2 Å². The molecular formula is C16H13FN4O. The van der Waals surface area contributed by atoms with Gasteiger partial charge >= 0.3 is 0 Å². The number of aryl methyl sites for hydroxylation is 1. The van der Waals surface area contributed by atoms with Gasteiger partial charge in [-0.3, -0.25) is 4.57 Å². The Morgan fingerprint density at radius 1 is 1.32 bits per heavy atom. The maximum Gasteiger partial charge on any atom is 0.205 e. The number of rotatable bonds is 1. The van der Waals surface area contributed by atoms with E-state index in [1.54, 1.807) is 16.8 Å². The van der Waals surface area contributed by atoms with E-state index in [0.29, 0.717) is 22.8 Å². The second-order valence-corrected chi connectivity index (χ2v) is 5.21. The molecule has 2 N–H and O–H groups in total. The maximum atomic E-state index is 13.8. The normalized spacial score (nSPS) is 16.7. The van der Waals surface area contributed by atoms with Crippen LogP contribution in [0, 0.1) is 12.7 Å². The highest BCUT2D eigenvalue weighted by atomic mass is 19.1. The summed E-state index contributed by atoms with van der Waals surface area (Å²) >= 11 is 0. The average Bonchev–Trinajstić information content (AvgIpc) is 3.12. The molecular weight excluding hydrogens is 283 g/mol. The van der Waals surface area contributed by atoms with Crippen LogP contribution < -0.4 is 0 Å². The van der Waals surface area contributed by atoms with E-state index in [2.05, 4.69) is 15.0 Å². The molecule has 0 fully saturated rings. The van der Waals surface area contributed by atoms with Crippen LogP contribution in [0.5, 0.6) is 0 Å². The van der Waals surface area contributed by atoms with Crippen LogP contribution in [0.15, 0.2) is 47.7 Å². The molecule has 110 valence electrons. The fourth-order valence-corrected chi connectivity index (χ4v) is 2.74. The summed E-state index contributed by atoms with van der Waals surface area (Å²) in [5.41, 5.74) is 3.34. The van der Waals surface area contributed by atoms with Gasteiger partial charge in [0.05, 0.1) is 22.8 Å². The van der Waals surface area contributed by atoms with Gasteiger partial charge in [-0.05, 0) is 37.3 Å². The third-order valence-corrected chi connectivity index (χ3v) is 3.66. The molecule has 0 saturated heterocycles. The Morgan fingerprint density at radius 3 is 2.95 bits per heavy atom. The highest BCUT2D eigenvalue weighted by Gasteiger charge is 2.25. The molecule has 0 radical (unpaired) electrons. The van der Waals surface area contributed by atoms with Gasteiger partial charge in [0.2, 0.25) is 6.23 Å². The minimum Gasteiger partial charge on any atom is -0.365 e. The van der Waals surface area contributed by atoms with E-state index < -0.39 is 6.23 Å². The van der Waals surface area contributed by atoms with Crippen LogP contribution in [-0.4, -0.2) is 25.4 Å². The van der Waals surface area contributed by atoms with E-state index in [1.165, 1.54) is 12.1 Å². The number of imidazole rings is 1. The number of aliphatic hydroxyl groups excluding tert-OH is 1. The molecule has 0 aliphatic carbocycles. The summed E-state index contributed by atoms with van der Waals surface area (Å²) in [7, 11) is 0. The van der Waals surface area contributed by atoms with Crippen molar-refractivity contribution >= 4 is 5.71 Å². The van der Waals surface area contributed by atoms with E-state index >= 15 is 0 Å². The predicted molar refractivity (Wildman–Crippen MR) is 79.7 cm³/mol. The third-order valence-electron chi connectivity index (χ3n) is 3.66. The standard InChI is InChI=1S/C16H13FN4O/c1-9-8-21-13-5-4-10(17)7-11(13)14(12-3-2-6-18-12)20-16(22)15(21)19-9/h2-8,16,18,22H,1H3. The van der Waals surface area contributed by atoms with Gasteiger partial charge in [-0.15, -0.1) is 0 Å². The predicted octanol–water partition coefficient (Wildman–Crippen LogP) is 2.49. The van der Waals surface area contributed by atoms with Gasteiger partial charge in [-0.25, -0.2) is 14.4 Å². The summed E-state index contributed by atoms with van der Waals surface area (Å²) in [5, 5.41) is 10.4. The van der Waals surface area contributed by atoms with Gasteiger partial charge < -0.3 is 10.1 Å². The number of benzene rings is 1. The molecule has 1 aromatic carbocycles. The number of H-pyrrole nitrogens is 1. The number of nitrogens with one attached hydrogen (secondary N) is 1. The molecule has 0 bridgehead atoms. The lowest BCUT2D eigenvalue weighted by Crippen LogP contribution is -2.07. The minimum absolute atomic E-state index is 0.354. The number of aromatic amines is 1. The number of hydrogen-bond acceptors (Lipinski definition) is 3. The number of aliphatic hydroxyl groups is 1. The smallest absolute Gasteiger partial charge is 0.205 e. The van der Waals surface area contributed by atoms with E-state index in [-0.39, 0.29) is 5.82 Å². The van der Waals surface area contributed by atoms with E-state index in [0.717, 1.165) is 11.4 Å². The second kappa shape index (κ2) is 4.64. The van der Waals surface area contributed by atoms with E-state index in [4.69, 9.17) is 0 Å². The molecule has 1 aliphatic rings. The largest absolute Gasteiger partial charge is 0.365 e. The summed E-state index contributed by atoms with van der Waals surface area (Å²) in [4.78, 5) is 11.7. The van der Waals surface area contributed by atoms with Gasteiger partial charge in [-0.2, -0.15) is 0 Å². The van der Waals surface area contributed by atoms with Gasteiger partial charge in [0, 0.05) is 18.0 Å². The zero-order valence-corrected chi connectivity index (χ0v) is 11.8. The molecule has 2 aromatic heterocycles. The van der Waals surface area contributed by atoms with Crippen molar-refractivity contribution in [1.82, 2.24) is 14.5 Å². The van der Waals surface area contributed by atoms with Crippen LogP contribution in [0.4, 0.5) is 4.39 Å². The number of halogens is 1. The van der Waals surface area contributed by atoms with Crippen molar-refractivity contribution < 1.29 is 9.50 Å². The lowest BCUT2D eigenvalue weighted by atomic mass is 10.0. The molecule has 1 atom stereocenters. The number of hydrogen-bond donors (Lipinski definition) is 2. The quantitative estimate of drug-likeness (QED) is 0.724. The SMILES string of the molecule is Cc1cn2c(n1)C(O)N=C(c1ccc[nH]1)c1cc(F)ccc1-2. The van der Waals surface area contributed by atoms with Crippen LogP contribution in [0.3, 0.4) is 0 Å². The van der Waals surface area contributed by atoms with Crippen molar-refractivity contribution in [3.63, 3.8) is 0 Å². The fraction of sp³-hybridized carbons (Fsp3) is 0.125.